The normalized spacial score (nSPS) is 10.8. The van der Waals surface area contributed by atoms with Gasteiger partial charge in [0.1, 0.15) is 5.75 Å². The summed E-state index contributed by atoms with van der Waals surface area (Å²) in [5.41, 5.74) is 7.72. The number of hydrogen-bond acceptors (Lipinski definition) is 4. The standard InChI is InChI=1S/C20H25N3O2/c1-14-6-7-15(2)20(16(14)3)25-13-19(24)22-21-12-17-8-10-18(11-9-17)23(4)5/h6-12H,13H2,1-5H3,(H,22,24)/b21-12+. The van der Waals surface area contributed by atoms with Crippen LogP contribution in [0.2, 0.25) is 0 Å². The monoisotopic (exact) mass is 339 g/mol. The van der Waals surface area contributed by atoms with E-state index in [4.69, 9.17) is 4.74 Å². The molecule has 0 saturated heterocycles. The minimum atomic E-state index is -0.290. The molecule has 0 radical (unpaired) electrons. The van der Waals surface area contributed by atoms with Crippen LogP contribution in [0.15, 0.2) is 41.5 Å². The van der Waals surface area contributed by atoms with Crippen LogP contribution in [0.1, 0.15) is 22.3 Å². The van der Waals surface area contributed by atoms with Crippen LogP contribution < -0.4 is 15.1 Å². The average molecular weight is 339 g/mol. The minimum Gasteiger partial charge on any atom is -0.483 e. The molecule has 0 aromatic heterocycles. The molecule has 5 nitrogen and oxygen atoms in total. The largest absolute Gasteiger partial charge is 0.483 e. The summed E-state index contributed by atoms with van der Waals surface area (Å²) in [5.74, 6) is 0.472. The zero-order chi connectivity index (χ0) is 18.4. The fraction of sp³-hybridized carbons (Fsp3) is 0.300. The minimum absolute atomic E-state index is 0.0674. The van der Waals surface area contributed by atoms with E-state index in [2.05, 4.69) is 10.5 Å². The van der Waals surface area contributed by atoms with Gasteiger partial charge in [-0.2, -0.15) is 5.10 Å². The lowest BCUT2D eigenvalue weighted by Crippen LogP contribution is -2.25. The summed E-state index contributed by atoms with van der Waals surface area (Å²) in [6.07, 6.45) is 1.61. The first kappa shape index (κ1) is 18.5. The Hall–Kier alpha value is -2.82. The molecule has 0 heterocycles. The Morgan fingerprint density at radius 2 is 1.72 bits per heavy atom. The van der Waals surface area contributed by atoms with Crippen molar-refractivity contribution in [3.8, 4) is 5.75 Å². The van der Waals surface area contributed by atoms with Crippen LogP contribution >= 0.6 is 0 Å². The molecule has 0 aliphatic carbocycles. The smallest absolute Gasteiger partial charge is 0.277 e. The molecule has 0 atom stereocenters. The summed E-state index contributed by atoms with van der Waals surface area (Å²) in [6.45, 7) is 5.91. The van der Waals surface area contributed by atoms with Gasteiger partial charge in [-0.3, -0.25) is 4.79 Å². The molecule has 5 heteroatoms. The molecular weight excluding hydrogens is 314 g/mol. The number of ether oxygens (including phenoxy) is 1. The van der Waals surface area contributed by atoms with Crippen molar-refractivity contribution >= 4 is 17.8 Å². The molecule has 0 saturated carbocycles. The number of nitrogens with zero attached hydrogens (tertiary/aromatic N) is 2. The summed E-state index contributed by atoms with van der Waals surface area (Å²) >= 11 is 0. The summed E-state index contributed by atoms with van der Waals surface area (Å²) < 4.78 is 5.66. The molecular formula is C20H25N3O2. The average Bonchev–Trinajstić information content (AvgIpc) is 2.59. The molecule has 1 N–H and O–H groups in total. The number of benzene rings is 2. The van der Waals surface area contributed by atoms with Gasteiger partial charge < -0.3 is 9.64 Å². The van der Waals surface area contributed by atoms with Crippen molar-refractivity contribution in [3.05, 3.63) is 58.7 Å². The third-order valence-electron chi connectivity index (χ3n) is 4.03. The molecule has 0 spiro atoms. The fourth-order valence-electron chi connectivity index (χ4n) is 2.35. The van der Waals surface area contributed by atoms with Crippen molar-refractivity contribution in [2.45, 2.75) is 20.8 Å². The maximum absolute atomic E-state index is 11.9. The van der Waals surface area contributed by atoms with Gasteiger partial charge in [-0.15, -0.1) is 0 Å². The van der Waals surface area contributed by atoms with Crippen LogP contribution in [0, 0.1) is 20.8 Å². The van der Waals surface area contributed by atoms with E-state index in [0.717, 1.165) is 33.7 Å². The Kier molecular flexibility index (Phi) is 6.17. The van der Waals surface area contributed by atoms with E-state index in [0.29, 0.717) is 0 Å². The maximum Gasteiger partial charge on any atom is 0.277 e. The van der Waals surface area contributed by atoms with E-state index >= 15 is 0 Å². The van der Waals surface area contributed by atoms with Crippen LogP contribution in [0.3, 0.4) is 0 Å². The number of hydrazone groups is 1. The van der Waals surface area contributed by atoms with Crippen LogP contribution in [0.4, 0.5) is 5.69 Å². The van der Waals surface area contributed by atoms with Gasteiger partial charge in [-0.05, 0) is 55.2 Å². The third kappa shape index (κ3) is 5.08. The van der Waals surface area contributed by atoms with Crippen molar-refractivity contribution < 1.29 is 9.53 Å². The molecule has 0 unspecified atom stereocenters. The van der Waals surface area contributed by atoms with Crippen molar-refractivity contribution in [2.75, 3.05) is 25.6 Å². The SMILES string of the molecule is Cc1ccc(C)c(OCC(=O)N/N=C/c2ccc(N(C)C)cc2)c1C. The molecule has 2 aromatic rings. The molecule has 0 aliphatic rings. The van der Waals surface area contributed by atoms with Crippen molar-refractivity contribution in [1.29, 1.82) is 0 Å². The van der Waals surface area contributed by atoms with E-state index in [1.165, 1.54) is 0 Å². The third-order valence-corrected chi connectivity index (χ3v) is 4.03. The van der Waals surface area contributed by atoms with E-state index in [9.17, 15) is 4.79 Å². The van der Waals surface area contributed by atoms with Gasteiger partial charge in [0.05, 0.1) is 6.21 Å². The second-order valence-corrected chi connectivity index (χ2v) is 6.22. The summed E-state index contributed by atoms with van der Waals surface area (Å²) in [6, 6.07) is 11.9. The van der Waals surface area contributed by atoms with Crippen LogP contribution in [0.5, 0.6) is 5.75 Å². The number of carbonyl (C=O) groups is 1. The molecule has 0 bridgehead atoms. The Balaban J connectivity index is 1.88. The number of nitrogens with one attached hydrogen (secondary N) is 1. The predicted octanol–water partition coefficient (Wildman–Crippen LogP) is 3.21. The molecule has 1 amide bonds. The predicted molar refractivity (Wildman–Crippen MR) is 103 cm³/mol. The molecule has 0 aliphatic heterocycles. The lowest BCUT2D eigenvalue weighted by atomic mass is 10.1. The van der Waals surface area contributed by atoms with E-state index < -0.39 is 0 Å². The van der Waals surface area contributed by atoms with Gasteiger partial charge in [-0.25, -0.2) is 5.43 Å². The first-order chi connectivity index (χ1) is 11.9. The number of carbonyl (C=O) groups excluding carboxylic acids is 1. The van der Waals surface area contributed by atoms with Crippen molar-refractivity contribution in [1.82, 2.24) is 5.43 Å². The molecule has 0 fully saturated rings. The molecule has 25 heavy (non-hydrogen) atoms. The maximum atomic E-state index is 11.9. The Labute approximate surface area is 149 Å². The van der Waals surface area contributed by atoms with Gasteiger partial charge in [0.25, 0.3) is 5.91 Å². The summed E-state index contributed by atoms with van der Waals surface area (Å²) in [5, 5.41) is 3.97. The number of amides is 1. The molecule has 2 rings (SSSR count). The van der Waals surface area contributed by atoms with Gasteiger partial charge in [-0.1, -0.05) is 24.3 Å². The first-order valence-electron chi connectivity index (χ1n) is 8.17. The second-order valence-electron chi connectivity index (χ2n) is 6.22. The fourth-order valence-corrected chi connectivity index (χ4v) is 2.35. The Morgan fingerprint density at radius 3 is 2.36 bits per heavy atom. The number of hydrogen-bond donors (Lipinski definition) is 1. The van der Waals surface area contributed by atoms with Gasteiger partial charge >= 0.3 is 0 Å². The van der Waals surface area contributed by atoms with Crippen LogP contribution in [0.25, 0.3) is 0 Å². The van der Waals surface area contributed by atoms with E-state index in [-0.39, 0.29) is 12.5 Å². The van der Waals surface area contributed by atoms with E-state index in [1.54, 1.807) is 6.21 Å². The highest BCUT2D eigenvalue weighted by Crippen LogP contribution is 2.25. The Bertz CT molecular complexity index is 765. The summed E-state index contributed by atoms with van der Waals surface area (Å²) in [4.78, 5) is 13.9. The zero-order valence-electron chi connectivity index (χ0n) is 15.5. The van der Waals surface area contributed by atoms with Crippen molar-refractivity contribution in [3.63, 3.8) is 0 Å². The quantitative estimate of drug-likeness (QED) is 0.649. The van der Waals surface area contributed by atoms with Gasteiger partial charge in [0, 0.05) is 19.8 Å². The molecule has 2 aromatic carbocycles. The van der Waals surface area contributed by atoms with Crippen LogP contribution in [-0.2, 0) is 4.79 Å². The number of rotatable bonds is 6. The van der Waals surface area contributed by atoms with Gasteiger partial charge in [0.15, 0.2) is 6.61 Å². The topological polar surface area (TPSA) is 53.9 Å². The number of anilines is 1. The van der Waals surface area contributed by atoms with Crippen LogP contribution in [-0.4, -0.2) is 32.8 Å². The highest BCUT2D eigenvalue weighted by atomic mass is 16.5. The second kappa shape index (κ2) is 8.33. The lowest BCUT2D eigenvalue weighted by Gasteiger charge is -2.13. The number of aryl methyl sites for hydroxylation is 2. The van der Waals surface area contributed by atoms with Crippen molar-refractivity contribution in [2.24, 2.45) is 5.10 Å². The highest BCUT2D eigenvalue weighted by Gasteiger charge is 2.08. The molecule has 132 valence electrons. The zero-order valence-corrected chi connectivity index (χ0v) is 15.5. The highest BCUT2D eigenvalue weighted by molar-refractivity contribution is 5.83. The lowest BCUT2D eigenvalue weighted by molar-refractivity contribution is -0.123. The first-order valence-corrected chi connectivity index (χ1v) is 8.17. The Morgan fingerprint density at radius 1 is 1.08 bits per heavy atom. The summed E-state index contributed by atoms with van der Waals surface area (Å²) in [7, 11) is 3.97. The van der Waals surface area contributed by atoms with E-state index in [1.807, 2.05) is 76.2 Å². The van der Waals surface area contributed by atoms with Gasteiger partial charge in [0.2, 0.25) is 0 Å².